The lowest BCUT2D eigenvalue weighted by Gasteiger charge is -2.12. The Hall–Kier alpha value is -2.02. The Kier molecular flexibility index (Phi) is 4.52. The number of rotatable bonds is 2. The third kappa shape index (κ3) is 4.22. The molecule has 7 heteroatoms. The maximum Gasteiger partial charge on any atom is 0.417 e. The lowest BCUT2D eigenvalue weighted by Crippen LogP contribution is -2.17. The number of nitrogens with one attached hydrogen (secondary N) is 1. The second-order valence-corrected chi connectivity index (χ2v) is 4.87. The van der Waals surface area contributed by atoms with Gasteiger partial charge in [-0.05, 0) is 46.3 Å². The van der Waals surface area contributed by atoms with Crippen molar-refractivity contribution in [3.05, 3.63) is 58.6 Å². The van der Waals surface area contributed by atoms with Gasteiger partial charge in [-0.3, -0.25) is 5.32 Å². The van der Waals surface area contributed by atoms with Crippen molar-refractivity contribution in [2.24, 2.45) is 0 Å². The van der Waals surface area contributed by atoms with Gasteiger partial charge in [0.1, 0.15) is 5.75 Å². The summed E-state index contributed by atoms with van der Waals surface area (Å²) in [5.74, 6) is 0.290. The average Bonchev–Trinajstić information content (AvgIpc) is 2.41. The molecule has 0 aliphatic heterocycles. The maximum absolute atomic E-state index is 12.6. The first kappa shape index (κ1) is 15.4. The summed E-state index contributed by atoms with van der Waals surface area (Å²) in [6.07, 6.45) is -5.36. The van der Waals surface area contributed by atoms with Crippen LogP contribution >= 0.6 is 15.9 Å². The lowest BCUT2D eigenvalue weighted by atomic mass is 10.2. The molecule has 110 valence electrons. The number of anilines is 1. The fraction of sp³-hybridized carbons (Fsp3) is 0.0714. The number of alkyl halides is 3. The number of benzene rings is 2. The van der Waals surface area contributed by atoms with Crippen molar-refractivity contribution >= 4 is 27.7 Å². The zero-order valence-corrected chi connectivity index (χ0v) is 12.0. The SMILES string of the molecule is O=C(Nc1cc(C(F)(F)F)ccc1Br)Oc1ccccc1. The third-order valence-electron chi connectivity index (χ3n) is 2.48. The van der Waals surface area contributed by atoms with E-state index < -0.39 is 17.8 Å². The molecular formula is C14H9BrF3NO2. The topological polar surface area (TPSA) is 38.3 Å². The monoisotopic (exact) mass is 359 g/mol. The molecule has 0 saturated carbocycles. The van der Waals surface area contributed by atoms with E-state index >= 15 is 0 Å². The van der Waals surface area contributed by atoms with Crippen LogP contribution in [0.1, 0.15) is 5.56 Å². The van der Waals surface area contributed by atoms with Crippen LogP contribution in [0.4, 0.5) is 23.7 Å². The Morgan fingerprint density at radius 3 is 2.38 bits per heavy atom. The molecule has 0 unspecified atom stereocenters. The summed E-state index contributed by atoms with van der Waals surface area (Å²) in [6.45, 7) is 0. The smallest absolute Gasteiger partial charge is 0.410 e. The molecule has 2 aromatic rings. The molecule has 0 bridgehead atoms. The van der Waals surface area contributed by atoms with Crippen LogP contribution in [0.25, 0.3) is 0 Å². The standard InChI is InChI=1S/C14H9BrF3NO2/c15-11-7-6-9(14(16,17)18)8-12(11)19-13(20)21-10-4-2-1-3-5-10/h1-8H,(H,19,20). The van der Waals surface area contributed by atoms with Crippen molar-refractivity contribution in [2.45, 2.75) is 6.18 Å². The summed E-state index contributed by atoms with van der Waals surface area (Å²) < 4.78 is 43.1. The van der Waals surface area contributed by atoms with E-state index in [-0.39, 0.29) is 11.4 Å². The van der Waals surface area contributed by atoms with Crippen molar-refractivity contribution in [2.75, 3.05) is 5.32 Å². The molecule has 1 amide bonds. The maximum atomic E-state index is 12.6. The van der Waals surface area contributed by atoms with Gasteiger partial charge >= 0.3 is 12.3 Å². The molecule has 1 N–H and O–H groups in total. The number of carbonyl (C=O) groups is 1. The summed E-state index contributed by atoms with van der Waals surface area (Å²) in [5, 5.41) is 2.26. The molecule has 0 saturated heterocycles. The highest BCUT2D eigenvalue weighted by molar-refractivity contribution is 9.10. The van der Waals surface area contributed by atoms with Crippen LogP contribution in [0, 0.1) is 0 Å². The molecule has 0 radical (unpaired) electrons. The van der Waals surface area contributed by atoms with Crippen LogP contribution in [0.3, 0.4) is 0 Å². The minimum absolute atomic E-state index is 0.0224. The van der Waals surface area contributed by atoms with Crippen LogP contribution in [0.15, 0.2) is 53.0 Å². The van der Waals surface area contributed by atoms with Crippen LogP contribution in [0.5, 0.6) is 5.75 Å². The molecule has 2 aromatic carbocycles. The molecule has 0 aromatic heterocycles. The van der Waals surface area contributed by atoms with E-state index in [0.29, 0.717) is 4.47 Å². The Labute approximate surface area is 126 Å². The summed E-state index contributed by atoms with van der Waals surface area (Å²) in [6, 6.07) is 11.1. The van der Waals surface area contributed by atoms with Gasteiger partial charge in [-0.15, -0.1) is 0 Å². The van der Waals surface area contributed by atoms with E-state index in [1.54, 1.807) is 30.3 Å². The van der Waals surface area contributed by atoms with E-state index in [0.717, 1.165) is 12.1 Å². The summed E-state index contributed by atoms with van der Waals surface area (Å²) >= 11 is 3.07. The number of halogens is 4. The Balaban J connectivity index is 2.14. The van der Waals surface area contributed by atoms with Crippen molar-refractivity contribution in [3.63, 3.8) is 0 Å². The van der Waals surface area contributed by atoms with Gasteiger partial charge in [-0.1, -0.05) is 18.2 Å². The number of hydrogen-bond donors (Lipinski definition) is 1. The quantitative estimate of drug-likeness (QED) is 0.811. The highest BCUT2D eigenvalue weighted by Gasteiger charge is 2.31. The minimum Gasteiger partial charge on any atom is -0.410 e. The Bertz CT molecular complexity index is 644. The minimum atomic E-state index is -4.49. The molecule has 0 heterocycles. The van der Waals surface area contributed by atoms with Gasteiger partial charge in [0, 0.05) is 4.47 Å². The first-order valence-corrected chi connectivity index (χ1v) is 6.56. The second-order valence-electron chi connectivity index (χ2n) is 4.02. The van der Waals surface area contributed by atoms with Gasteiger partial charge in [0.05, 0.1) is 11.3 Å². The normalized spacial score (nSPS) is 11.0. The fourth-order valence-electron chi connectivity index (χ4n) is 1.53. The predicted molar refractivity (Wildman–Crippen MR) is 75.2 cm³/mol. The lowest BCUT2D eigenvalue weighted by molar-refractivity contribution is -0.137. The largest absolute Gasteiger partial charge is 0.417 e. The summed E-state index contributed by atoms with van der Waals surface area (Å²) in [7, 11) is 0. The molecule has 0 atom stereocenters. The van der Waals surface area contributed by atoms with Gasteiger partial charge < -0.3 is 4.74 Å². The molecule has 21 heavy (non-hydrogen) atoms. The molecule has 3 nitrogen and oxygen atoms in total. The number of amides is 1. The van der Waals surface area contributed by atoms with E-state index in [1.807, 2.05) is 0 Å². The molecule has 2 rings (SSSR count). The predicted octanol–water partition coefficient (Wildman–Crippen LogP) is 5.08. The van der Waals surface area contributed by atoms with Gasteiger partial charge in [-0.25, -0.2) is 4.79 Å². The first-order valence-electron chi connectivity index (χ1n) is 5.77. The van der Waals surface area contributed by atoms with Crippen LogP contribution < -0.4 is 10.1 Å². The third-order valence-corrected chi connectivity index (χ3v) is 3.18. The number of para-hydroxylation sites is 1. The van der Waals surface area contributed by atoms with E-state index in [1.165, 1.54) is 6.07 Å². The molecular weight excluding hydrogens is 351 g/mol. The van der Waals surface area contributed by atoms with E-state index in [2.05, 4.69) is 21.2 Å². The van der Waals surface area contributed by atoms with Crippen LogP contribution in [0.2, 0.25) is 0 Å². The highest BCUT2D eigenvalue weighted by atomic mass is 79.9. The molecule has 0 aliphatic carbocycles. The van der Waals surface area contributed by atoms with Gasteiger partial charge in [0.15, 0.2) is 0 Å². The average molecular weight is 360 g/mol. The van der Waals surface area contributed by atoms with Crippen molar-refractivity contribution < 1.29 is 22.7 Å². The molecule has 0 aliphatic rings. The zero-order chi connectivity index (χ0) is 15.5. The Morgan fingerprint density at radius 1 is 1.10 bits per heavy atom. The van der Waals surface area contributed by atoms with Crippen LogP contribution in [-0.4, -0.2) is 6.09 Å². The summed E-state index contributed by atoms with van der Waals surface area (Å²) in [4.78, 5) is 11.7. The summed E-state index contributed by atoms with van der Waals surface area (Å²) in [5.41, 5.74) is -0.883. The first-order chi connectivity index (χ1) is 9.86. The number of carbonyl (C=O) groups excluding carboxylic acids is 1. The van der Waals surface area contributed by atoms with Gasteiger partial charge in [-0.2, -0.15) is 13.2 Å². The van der Waals surface area contributed by atoms with Crippen molar-refractivity contribution in [1.29, 1.82) is 0 Å². The van der Waals surface area contributed by atoms with Crippen molar-refractivity contribution in [3.8, 4) is 5.75 Å². The second kappa shape index (κ2) is 6.17. The molecule has 0 spiro atoms. The highest BCUT2D eigenvalue weighted by Crippen LogP contribution is 2.34. The van der Waals surface area contributed by atoms with Crippen molar-refractivity contribution in [1.82, 2.24) is 0 Å². The number of ether oxygens (including phenoxy) is 1. The molecule has 0 fully saturated rings. The van der Waals surface area contributed by atoms with Gasteiger partial charge in [0.2, 0.25) is 0 Å². The fourth-order valence-corrected chi connectivity index (χ4v) is 1.87. The number of hydrogen-bond acceptors (Lipinski definition) is 2. The Morgan fingerprint density at radius 2 is 1.76 bits per heavy atom. The van der Waals surface area contributed by atoms with E-state index in [4.69, 9.17) is 4.74 Å². The van der Waals surface area contributed by atoms with Crippen LogP contribution in [-0.2, 0) is 6.18 Å². The van der Waals surface area contributed by atoms with E-state index in [9.17, 15) is 18.0 Å². The van der Waals surface area contributed by atoms with Gasteiger partial charge in [0.25, 0.3) is 0 Å². The zero-order valence-electron chi connectivity index (χ0n) is 10.4.